The molecule has 0 aromatic heterocycles. The first-order valence-electron chi connectivity index (χ1n) is 4.90. The van der Waals surface area contributed by atoms with Crippen molar-refractivity contribution in [3.05, 3.63) is 35.9 Å². The Morgan fingerprint density at radius 2 is 1.78 bits per heavy atom. The van der Waals surface area contributed by atoms with Gasteiger partial charge in [-0.25, -0.2) is 0 Å². The Morgan fingerprint density at radius 1 is 1.22 bits per heavy atom. The second-order valence-electron chi connectivity index (χ2n) is 3.37. The zero-order valence-corrected chi connectivity index (χ0v) is 11.6. The van der Waals surface area contributed by atoms with Crippen LogP contribution >= 0.6 is 34.8 Å². The van der Waals surface area contributed by atoms with Crippen LogP contribution in [0.5, 0.6) is 0 Å². The first kappa shape index (κ1) is 15.1. The van der Waals surface area contributed by atoms with Crippen LogP contribution in [0.1, 0.15) is 17.3 Å². The Hall–Kier alpha value is -0.970. The van der Waals surface area contributed by atoms with Gasteiger partial charge < -0.3 is 10.1 Å². The molecule has 4 nitrogen and oxygen atoms in total. The number of benzene rings is 1. The van der Waals surface area contributed by atoms with Crippen LogP contribution in [0.4, 0.5) is 0 Å². The summed E-state index contributed by atoms with van der Waals surface area (Å²) in [4.78, 5) is 22.7. The number of nitrogens with one attached hydrogen (secondary N) is 1. The van der Waals surface area contributed by atoms with E-state index in [-0.39, 0.29) is 0 Å². The predicted molar refractivity (Wildman–Crippen MR) is 69.8 cm³/mol. The van der Waals surface area contributed by atoms with Gasteiger partial charge in [-0.3, -0.25) is 9.59 Å². The molecule has 0 aliphatic heterocycles. The fraction of sp³-hybridized carbons (Fsp3) is 0.273. The van der Waals surface area contributed by atoms with Crippen LogP contribution in [0, 0.1) is 0 Å². The molecule has 18 heavy (non-hydrogen) atoms. The number of hydrogen-bond donors (Lipinski definition) is 1. The molecule has 0 unspecified atom stereocenters. The first-order valence-corrected chi connectivity index (χ1v) is 6.04. The molecule has 1 amide bonds. The number of halogens is 3. The normalized spacial score (nSPS) is 12.7. The molecule has 0 fully saturated rings. The average molecular weight is 311 g/mol. The summed E-state index contributed by atoms with van der Waals surface area (Å²) in [7, 11) is 0. The van der Waals surface area contributed by atoms with Crippen molar-refractivity contribution in [2.24, 2.45) is 0 Å². The third kappa shape index (κ3) is 4.72. The third-order valence-corrected chi connectivity index (χ3v) is 2.47. The lowest BCUT2D eigenvalue weighted by Gasteiger charge is -2.24. The number of ether oxygens (including phenoxy) is 1. The molecular formula is C11H10Cl3NO3. The van der Waals surface area contributed by atoms with Crippen molar-refractivity contribution in [1.82, 2.24) is 5.32 Å². The minimum atomic E-state index is -1.95. The molecule has 0 spiro atoms. The molecule has 1 rings (SSSR count). The van der Waals surface area contributed by atoms with Crippen molar-refractivity contribution in [2.45, 2.75) is 16.9 Å². The van der Waals surface area contributed by atoms with E-state index >= 15 is 0 Å². The molecule has 0 bridgehead atoms. The van der Waals surface area contributed by atoms with Crippen LogP contribution in [0.2, 0.25) is 0 Å². The SMILES string of the molecule is CC(=O)O[C@H](NC(=O)c1ccccc1)C(Cl)(Cl)Cl. The number of carbonyl (C=O) groups is 2. The Balaban J connectivity index is 2.78. The highest BCUT2D eigenvalue weighted by atomic mass is 35.6. The van der Waals surface area contributed by atoms with Gasteiger partial charge in [-0.1, -0.05) is 53.0 Å². The van der Waals surface area contributed by atoms with Gasteiger partial charge in [-0.05, 0) is 12.1 Å². The van der Waals surface area contributed by atoms with Crippen LogP contribution in [0.3, 0.4) is 0 Å². The van der Waals surface area contributed by atoms with Crippen LogP contribution in [0.25, 0.3) is 0 Å². The highest BCUT2D eigenvalue weighted by Gasteiger charge is 2.36. The van der Waals surface area contributed by atoms with Crippen molar-refractivity contribution >= 4 is 46.7 Å². The van der Waals surface area contributed by atoms with E-state index in [2.05, 4.69) is 5.32 Å². The topological polar surface area (TPSA) is 55.4 Å². The quantitative estimate of drug-likeness (QED) is 0.530. The van der Waals surface area contributed by atoms with E-state index in [0.717, 1.165) is 6.92 Å². The van der Waals surface area contributed by atoms with Crippen LogP contribution < -0.4 is 5.32 Å². The maximum atomic E-state index is 11.8. The Labute approximate surface area is 119 Å². The van der Waals surface area contributed by atoms with Crippen molar-refractivity contribution in [3.63, 3.8) is 0 Å². The van der Waals surface area contributed by atoms with E-state index in [9.17, 15) is 9.59 Å². The van der Waals surface area contributed by atoms with Crippen molar-refractivity contribution < 1.29 is 14.3 Å². The molecular weight excluding hydrogens is 300 g/mol. The maximum Gasteiger partial charge on any atom is 0.304 e. The molecule has 0 saturated heterocycles. The van der Waals surface area contributed by atoms with Gasteiger partial charge >= 0.3 is 5.97 Å². The second kappa shape index (κ2) is 6.27. The highest BCUT2D eigenvalue weighted by Crippen LogP contribution is 2.31. The minimum Gasteiger partial charge on any atom is -0.437 e. The zero-order valence-electron chi connectivity index (χ0n) is 9.32. The number of alkyl halides is 3. The lowest BCUT2D eigenvalue weighted by molar-refractivity contribution is -0.147. The van der Waals surface area contributed by atoms with Gasteiger partial charge in [0.05, 0.1) is 0 Å². The molecule has 0 saturated carbocycles. The number of amides is 1. The van der Waals surface area contributed by atoms with E-state index in [0.29, 0.717) is 5.56 Å². The standard InChI is InChI=1S/C11H10Cl3NO3/c1-7(16)18-10(11(12,13)14)15-9(17)8-5-3-2-4-6-8/h2-6,10H,1H3,(H,15,17)/t10-/m0/s1. The third-order valence-electron chi connectivity index (χ3n) is 1.88. The van der Waals surface area contributed by atoms with Gasteiger partial charge in [0.25, 0.3) is 5.91 Å². The molecule has 1 atom stereocenters. The summed E-state index contributed by atoms with van der Waals surface area (Å²) in [5, 5.41) is 2.33. The average Bonchev–Trinajstić information content (AvgIpc) is 2.27. The molecule has 1 aromatic carbocycles. The summed E-state index contributed by atoms with van der Waals surface area (Å²) < 4.78 is 2.79. The summed E-state index contributed by atoms with van der Waals surface area (Å²) in [5.74, 6) is -1.17. The Bertz CT molecular complexity index is 431. The van der Waals surface area contributed by atoms with Crippen LogP contribution in [0.15, 0.2) is 30.3 Å². The highest BCUT2D eigenvalue weighted by molar-refractivity contribution is 6.68. The van der Waals surface area contributed by atoms with Crippen molar-refractivity contribution in [1.29, 1.82) is 0 Å². The van der Waals surface area contributed by atoms with E-state index in [4.69, 9.17) is 39.5 Å². The van der Waals surface area contributed by atoms with Crippen LogP contribution in [-0.2, 0) is 9.53 Å². The van der Waals surface area contributed by atoms with Crippen LogP contribution in [-0.4, -0.2) is 21.9 Å². The van der Waals surface area contributed by atoms with Gasteiger partial charge in [0.2, 0.25) is 10.0 Å². The van der Waals surface area contributed by atoms with E-state index < -0.39 is 21.9 Å². The lowest BCUT2D eigenvalue weighted by atomic mass is 10.2. The number of rotatable bonds is 3. The second-order valence-corrected chi connectivity index (χ2v) is 5.74. The molecule has 7 heteroatoms. The summed E-state index contributed by atoms with van der Waals surface area (Å²) in [6.07, 6.45) is -1.35. The Morgan fingerprint density at radius 3 is 2.22 bits per heavy atom. The molecule has 98 valence electrons. The molecule has 0 aliphatic carbocycles. The summed E-state index contributed by atoms with van der Waals surface area (Å²) >= 11 is 16.8. The number of carbonyl (C=O) groups excluding carboxylic acids is 2. The van der Waals surface area contributed by atoms with E-state index in [1.165, 1.54) is 0 Å². The van der Waals surface area contributed by atoms with E-state index in [1.54, 1.807) is 30.3 Å². The maximum absolute atomic E-state index is 11.8. The predicted octanol–water partition coefficient (Wildman–Crippen LogP) is 2.68. The van der Waals surface area contributed by atoms with Gasteiger partial charge in [0.15, 0.2) is 0 Å². The largest absolute Gasteiger partial charge is 0.437 e. The lowest BCUT2D eigenvalue weighted by Crippen LogP contribution is -2.46. The molecule has 1 N–H and O–H groups in total. The minimum absolute atomic E-state index is 0.365. The van der Waals surface area contributed by atoms with Crippen molar-refractivity contribution in [2.75, 3.05) is 0 Å². The molecule has 1 aromatic rings. The summed E-state index contributed by atoms with van der Waals surface area (Å²) in [6, 6.07) is 8.29. The molecule has 0 aliphatic rings. The Kier molecular flexibility index (Phi) is 5.26. The smallest absolute Gasteiger partial charge is 0.304 e. The van der Waals surface area contributed by atoms with E-state index in [1.807, 2.05) is 0 Å². The summed E-state index contributed by atoms with van der Waals surface area (Å²) in [6.45, 7) is 1.15. The molecule has 0 radical (unpaired) electrons. The van der Waals surface area contributed by atoms with Crippen molar-refractivity contribution in [3.8, 4) is 0 Å². The van der Waals surface area contributed by atoms with Gasteiger partial charge in [0.1, 0.15) is 0 Å². The number of hydrogen-bond acceptors (Lipinski definition) is 3. The molecule has 0 heterocycles. The summed E-state index contributed by atoms with van der Waals surface area (Å²) in [5.41, 5.74) is 0.365. The first-order chi connectivity index (χ1) is 8.30. The fourth-order valence-corrected chi connectivity index (χ4v) is 1.43. The zero-order chi connectivity index (χ0) is 13.8. The number of esters is 1. The van der Waals surface area contributed by atoms with Gasteiger partial charge in [0, 0.05) is 12.5 Å². The fourth-order valence-electron chi connectivity index (χ4n) is 1.14. The van der Waals surface area contributed by atoms with Gasteiger partial charge in [-0.2, -0.15) is 0 Å². The monoisotopic (exact) mass is 309 g/mol. The van der Waals surface area contributed by atoms with Gasteiger partial charge in [-0.15, -0.1) is 0 Å².